The number of methoxy groups -OCH3 is 1. The molecule has 2 aromatic carbocycles. The van der Waals surface area contributed by atoms with Crippen LogP contribution in [0.3, 0.4) is 0 Å². The lowest BCUT2D eigenvalue weighted by Gasteiger charge is -2.08. The van der Waals surface area contributed by atoms with E-state index in [0.29, 0.717) is 11.6 Å². The van der Waals surface area contributed by atoms with Crippen LogP contribution in [-0.2, 0) is 11.3 Å². The predicted octanol–water partition coefficient (Wildman–Crippen LogP) is 3.55. The summed E-state index contributed by atoms with van der Waals surface area (Å²) in [5.74, 6) is 0.474. The zero-order valence-corrected chi connectivity index (χ0v) is 14.7. The van der Waals surface area contributed by atoms with Crippen LogP contribution in [0.5, 0.6) is 5.75 Å². The lowest BCUT2D eigenvalue weighted by Crippen LogP contribution is -2.37. The van der Waals surface area contributed by atoms with Crippen LogP contribution in [0.2, 0.25) is 5.02 Å². The molecule has 0 radical (unpaired) electrons. The lowest BCUT2D eigenvalue weighted by atomic mass is 10.2. The molecule has 0 atom stereocenters. The maximum Gasteiger partial charge on any atom is 0.250 e. The Bertz CT molecular complexity index is 745. The maximum atomic E-state index is 11.8. The van der Waals surface area contributed by atoms with Gasteiger partial charge in [-0.05, 0) is 47.6 Å². The van der Waals surface area contributed by atoms with Gasteiger partial charge in [0.2, 0.25) is 5.91 Å². The highest BCUT2D eigenvalue weighted by atomic mass is 35.5. The number of rotatable bonds is 5. The van der Waals surface area contributed by atoms with Gasteiger partial charge in [0, 0.05) is 17.6 Å². The van der Waals surface area contributed by atoms with E-state index >= 15 is 0 Å². The van der Waals surface area contributed by atoms with Gasteiger partial charge in [0.25, 0.3) is 0 Å². The van der Waals surface area contributed by atoms with Crippen molar-refractivity contribution < 1.29 is 9.53 Å². The second-order valence-corrected chi connectivity index (χ2v) is 5.69. The van der Waals surface area contributed by atoms with E-state index in [9.17, 15) is 4.79 Å². The first kappa shape index (κ1) is 18.0. The minimum atomic E-state index is -0.317. The Morgan fingerprint density at radius 2 is 1.92 bits per heavy atom. The van der Waals surface area contributed by atoms with Gasteiger partial charge >= 0.3 is 0 Å². The van der Waals surface area contributed by atoms with Crippen molar-refractivity contribution in [2.45, 2.75) is 6.54 Å². The Morgan fingerprint density at radius 3 is 2.58 bits per heavy atom. The quantitative estimate of drug-likeness (QED) is 0.632. The van der Waals surface area contributed by atoms with Gasteiger partial charge in [0.1, 0.15) is 5.75 Å². The number of thiocarbonyl (C=S) groups is 1. The number of ether oxygens (including phenoxy) is 1. The van der Waals surface area contributed by atoms with Crippen LogP contribution < -0.4 is 15.4 Å². The molecule has 0 bridgehead atoms. The highest BCUT2D eigenvalue weighted by Gasteiger charge is 2.02. The van der Waals surface area contributed by atoms with E-state index in [2.05, 4.69) is 10.6 Å². The van der Waals surface area contributed by atoms with Crippen molar-refractivity contribution in [2.24, 2.45) is 0 Å². The van der Waals surface area contributed by atoms with Gasteiger partial charge in [0.15, 0.2) is 5.11 Å². The van der Waals surface area contributed by atoms with E-state index in [1.807, 2.05) is 42.5 Å². The smallest absolute Gasteiger partial charge is 0.250 e. The molecule has 24 heavy (non-hydrogen) atoms. The first-order valence-corrected chi connectivity index (χ1v) is 8.01. The summed E-state index contributed by atoms with van der Waals surface area (Å²) in [4.78, 5) is 11.8. The van der Waals surface area contributed by atoms with E-state index < -0.39 is 0 Å². The van der Waals surface area contributed by atoms with Crippen LogP contribution in [0.25, 0.3) is 6.08 Å². The summed E-state index contributed by atoms with van der Waals surface area (Å²) in [6.45, 7) is 0.511. The van der Waals surface area contributed by atoms with E-state index in [4.69, 9.17) is 28.6 Å². The number of hydrogen-bond acceptors (Lipinski definition) is 3. The topological polar surface area (TPSA) is 50.4 Å². The van der Waals surface area contributed by atoms with Gasteiger partial charge < -0.3 is 10.1 Å². The number of nitrogens with one attached hydrogen (secondary N) is 2. The molecule has 124 valence electrons. The van der Waals surface area contributed by atoms with E-state index in [-0.39, 0.29) is 11.0 Å². The Labute approximate surface area is 151 Å². The predicted molar refractivity (Wildman–Crippen MR) is 101 cm³/mol. The molecule has 4 nitrogen and oxygen atoms in total. The number of carbonyl (C=O) groups is 1. The van der Waals surface area contributed by atoms with Crippen LogP contribution >= 0.6 is 23.8 Å². The molecule has 0 aromatic heterocycles. The molecule has 0 aliphatic carbocycles. The van der Waals surface area contributed by atoms with Crippen molar-refractivity contribution in [2.75, 3.05) is 7.11 Å². The molecule has 0 heterocycles. The molecule has 0 spiro atoms. The Balaban J connectivity index is 1.81. The van der Waals surface area contributed by atoms with E-state index in [1.54, 1.807) is 19.3 Å². The Morgan fingerprint density at radius 1 is 1.21 bits per heavy atom. The van der Waals surface area contributed by atoms with Crippen molar-refractivity contribution in [3.63, 3.8) is 0 Å². The molecule has 2 aromatic rings. The van der Waals surface area contributed by atoms with Crippen LogP contribution in [0, 0.1) is 0 Å². The highest BCUT2D eigenvalue weighted by molar-refractivity contribution is 7.80. The summed E-state index contributed by atoms with van der Waals surface area (Å²) in [7, 11) is 1.62. The molecule has 0 fully saturated rings. The fourth-order valence-corrected chi connectivity index (χ4v) is 2.27. The summed E-state index contributed by atoms with van der Waals surface area (Å²) in [5, 5.41) is 6.41. The third kappa shape index (κ3) is 5.68. The van der Waals surface area contributed by atoms with Crippen LogP contribution in [0.4, 0.5) is 0 Å². The van der Waals surface area contributed by atoms with Gasteiger partial charge in [-0.1, -0.05) is 41.9 Å². The molecular formula is C18H17ClN2O2S. The van der Waals surface area contributed by atoms with Crippen molar-refractivity contribution in [1.29, 1.82) is 0 Å². The highest BCUT2D eigenvalue weighted by Crippen LogP contribution is 2.16. The largest absolute Gasteiger partial charge is 0.497 e. The van der Waals surface area contributed by atoms with Gasteiger partial charge in [0.05, 0.1) is 7.11 Å². The first-order valence-electron chi connectivity index (χ1n) is 7.23. The fraction of sp³-hybridized carbons (Fsp3) is 0.111. The Hall–Kier alpha value is -2.37. The number of benzene rings is 2. The van der Waals surface area contributed by atoms with Crippen LogP contribution in [0.1, 0.15) is 11.1 Å². The molecule has 0 aliphatic rings. The van der Waals surface area contributed by atoms with Crippen LogP contribution in [-0.4, -0.2) is 18.1 Å². The van der Waals surface area contributed by atoms with Gasteiger partial charge in [-0.3, -0.25) is 10.1 Å². The molecule has 1 amide bonds. The summed E-state index contributed by atoms with van der Waals surface area (Å²) >= 11 is 11.1. The average molecular weight is 361 g/mol. The maximum absolute atomic E-state index is 11.8. The third-order valence-corrected chi connectivity index (χ3v) is 3.76. The number of hydrogen-bond donors (Lipinski definition) is 2. The molecule has 6 heteroatoms. The second-order valence-electron chi connectivity index (χ2n) is 4.87. The van der Waals surface area contributed by atoms with Crippen molar-refractivity contribution in [3.8, 4) is 5.75 Å². The van der Waals surface area contributed by atoms with Gasteiger partial charge in [-0.15, -0.1) is 0 Å². The molecule has 0 saturated carbocycles. The summed E-state index contributed by atoms with van der Waals surface area (Å²) in [6, 6.07) is 14.9. The SMILES string of the molecule is COc1ccc(CNC(=S)NC(=O)/C=C/c2ccccc2Cl)cc1. The van der Waals surface area contributed by atoms with E-state index in [1.165, 1.54) is 6.08 Å². The minimum absolute atomic E-state index is 0.264. The van der Waals surface area contributed by atoms with Crippen molar-refractivity contribution in [3.05, 3.63) is 70.8 Å². The van der Waals surface area contributed by atoms with E-state index in [0.717, 1.165) is 16.9 Å². The monoisotopic (exact) mass is 360 g/mol. The third-order valence-electron chi connectivity index (χ3n) is 3.17. The molecule has 2 N–H and O–H groups in total. The normalized spacial score (nSPS) is 10.4. The summed E-state index contributed by atoms with van der Waals surface area (Å²) in [6.07, 6.45) is 3.03. The lowest BCUT2D eigenvalue weighted by molar-refractivity contribution is -0.115. The van der Waals surface area contributed by atoms with Gasteiger partial charge in [-0.2, -0.15) is 0 Å². The average Bonchev–Trinajstić information content (AvgIpc) is 2.59. The Kier molecular flexibility index (Phi) is 6.78. The molecule has 0 saturated heterocycles. The molecule has 0 unspecified atom stereocenters. The van der Waals surface area contributed by atoms with Crippen molar-refractivity contribution >= 4 is 40.9 Å². The standard InChI is InChI=1S/C18H17ClN2O2S/c1-23-15-9-6-13(7-10-15)12-20-18(24)21-17(22)11-8-14-4-2-3-5-16(14)19/h2-11H,12H2,1H3,(H2,20,21,22,24)/b11-8+. The zero-order chi connectivity index (χ0) is 17.4. The van der Waals surface area contributed by atoms with Gasteiger partial charge in [-0.25, -0.2) is 0 Å². The van der Waals surface area contributed by atoms with Crippen LogP contribution in [0.15, 0.2) is 54.6 Å². The second kappa shape index (κ2) is 9.05. The number of carbonyl (C=O) groups excluding carboxylic acids is 1. The summed E-state index contributed by atoms with van der Waals surface area (Å²) < 4.78 is 5.10. The molecular weight excluding hydrogens is 344 g/mol. The summed E-state index contributed by atoms with van der Waals surface area (Å²) in [5.41, 5.74) is 1.80. The number of halogens is 1. The molecule has 2 rings (SSSR count). The zero-order valence-electron chi connectivity index (χ0n) is 13.1. The van der Waals surface area contributed by atoms with Crippen molar-refractivity contribution in [1.82, 2.24) is 10.6 Å². The minimum Gasteiger partial charge on any atom is -0.497 e. The number of amides is 1. The first-order chi connectivity index (χ1) is 11.6. The fourth-order valence-electron chi connectivity index (χ4n) is 1.90. The molecule has 0 aliphatic heterocycles.